The molecule has 10 nitrogen and oxygen atoms in total. The van der Waals surface area contributed by atoms with Gasteiger partial charge in [0, 0.05) is 49.4 Å². The van der Waals surface area contributed by atoms with Crippen LogP contribution in [0.3, 0.4) is 0 Å². The molecule has 2 amide bonds. The number of carboxylic acid groups (broad SMARTS) is 1. The number of nitrogens with one attached hydrogen (secondary N) is 2. The fraction of sp³-hybridized carbons (Fsp3) is 0.444. The molecule has 0 fully saturated rings. The molecule has 0 saturated carbocycles. The Morgan fingerprint density at radius 3 is 2.46 bits per heavy atom. The normalized spacial score (nSPS) is 11.0. The maximum atomic E-state index is 12.2. The monoisotopic (exact) mass is 508 g/mol. The highest BCUT2D eigenvalue weighted by molar-refractivity contribution is 5.76. The largest absolute Gasteiger partial charge is 0.465 e. The van der Waals surface area contributed by atoms with Crippen molar-refractivity contribution in [2.24, 2.45) is 0 Å². The highest BCUT2D eigenvalue weighted by Crippen LogP contribution is 2.29. The van der Waals surface area contributed by atoms with Gasteiger partial charge < -0.3 is 25.2 Å². The molecule has 0 unspecified atom stereocenters. The first-order chi connectivity index (χ1) is 17.6. The number of aromatic nitrogens is 3. The summed E-state index contributed by atoms with van der Waals surface area (Å²) in [6.45, 7) is 10.7. The van der Waals surface area contributed by atoms with Gasteiger partial charge in [0.1, 0.15) is 5.82 Å². The summed E-state index contributed by atoms with van der Waals surface area (Å²) >= 11 is 0. The standard InChI is InChI=1S/C27H36N6O4/c1-7-19-14-20(12-17(4)22(19)8-9-24(34)28-10-11-29-27(35)36)25-31-26(37-32-25)21-13-18(5)30-23(15-21)33(6)16(2)3/h12-16,29H,7-11H2,1-6H3,(H,28,34)(H,35,36). The smallest absolute Gasteiger partial charge is 0.404 e. The number of pyridine rings is 1. The molecule has 2 heterocycles. The third kappa shape index (κ3) is 7.28. The quantitative estimate of drug-likeness (QED) is 0.329. The summed E-state index contributed by atoms with van der Waals surface area (Å²) < 4.78 is 5.64. The second-order valence-electron chi connectivity index (χ2n) is 9.35. The Balaban J connectivity index is 1.76. The van der Waals surface area contributed by atoms with Crippen LogP contribution in [0.1, 0.15) is 49.6 Å². The second kappa shape index (κ2) is 12.3. The van der Waals surface area contributed by atoms with Crippen molar-refractivity contribution in [1.82, 2.24) is 25.8 Å². The van der Waals surface area contributed by atoms with Gasteiger partial charge in [-0.15, -0.1) is 0 Å². The first-order valence-corrected chi connectivity index (χ1v) is 12.5. The lowest BCUT2D eigenvalue weighted by Crippen LogP contribution is -2.34. The highest BCUT2D eigenvalue weighted by atomic mass is 16.5. The molecule has 0 atom stereocenters. The maximum Gasteiger partial charge on any atom is 0.404 e. The van der Waals surface area contributed by atoms with Gasteiger partial charge in [-0.2, -0.15) is 4.98 Å². The number of nitrogens with zero attached hydrogens (tertiary/aromatic N) is 4. The van der Waals surface area contributed by atoms with E-state index in [0.717, 1.165) is 45.7 Å². The SMILES string of the molecule is CCc1cc(-c2noc(-c3cc(C)nc(N(C)C(C)C)c3)n2)cc(C)c1CCC(=O)NCCNC(=O)O. The molecule has 3 aromatic rings. The zero-order valence-corrected chi connectivity index (χ0v) is 22.4. The molecule has 0 aliphatic heterocycles. The van der Waals surface area contributed by atoms with E-state index in [4.69, 9.17) is 9.63 Å². The topological polar surface area (TPSA) is 133 Å². The van der Waals surface area contributed by atoms with Crippen molar-refractivity contribution in [3.05, 3.63) is 46.6 Å². The Kier molecular flexibility index (Phi) is 9.21. The molecule has 10 heteroatoms. The molecule has 3 N–H and O–H groups in total. The van der Waals surface area contributed by atoms with Crippen molar-refractivity contribution >= 4 is 17.8 Å². The Hall–Kier alpha value is -3.95. The third-order valence-electron chi connectivity index (χ3n) is 6.28. The molecule has 1 aromatic carbocycles. The minimum Gasteiger partial charge on any atom is -0.465 e. The van der Waals surface area contributed by atoms with Crippen LogP contribution in [0.5, 0.6) is 0 Å². The summed E-state index contributed by atoms with van der Waals surface area (Å²) in [6.07, 6.45) is 0.604. The Bertz CT molecular complexity index is 1250. The molecule has 2 aromatic heterocycles. The van der Waals surface area contributed by atoms with Crippen LogP contribution in [0.25, 0.3) is 22.8 Å². The van der Waals surface area contributed by atoms with E-state index in [1.165, 1.54) is 0 Å². The molecule has 0 aliphatic carbocycles. The van der Waals surface area contributed by atoms with Crippen molar-refractivity contribution in [3.8, 4) is 22.8 Å². The minimum absolute atomic E-state index is 0.115. The van der Waals surface area contributed by atoms with Crippen LogP contribution >= 0.6 is 0 Å². The summed E-state index contributed by atoms with van der Waals surface area (Å²) in [5.74, 6) is 1.68. The lowest BCUT2D eigenvalue weighted by Gasteiger charge is -2.23. The molecule has 0 bridgehead atoms. The van der Waals surface area contributed by atoms with E-state index in [9.17, 15) is 9.59 Å². The van der Waals surface area contributed by atoms with Crippen LogP contribution in [0.15, 0.2) is 28.8 Å². The summed E-state index contributed by atoms with van der Waals surface area (Å²) in [5, 5.41) is 17.8. The number of hydrogen-bond donors (Lipinski definition) is 3. The van der Waals surface area contributed by atoms with Crippen molar-refractivity contribution < 1.29 is 19.2 Å². The second-order valence-corrected chi connectivity index (χ2v) is 9.35. The van der Waals surface area contributed by atoms with Crippen molar-refractivity contribution in [1.29, 1.82) is 0 Å². The number of amides is 2. The van der Waals surface area contributed by atoms with E-state index in [0.29, 0.717) is 30.6 Å². The van der Waals surface area contributed by atoms with Gasteiger partial charge in [0.15, 0.2) is 0 Å². The van der Waals surface area contributed by atoms with Gasteiger partial charge in [-0.25, -0.2) is 9.78 Å². The van der Waals surface area contributed by atoms with Crippen LogP contribution in [0.4, 0.5) is 10.6 Å². The third-order valence-corrected chi connectivity index (χ3v) is 6.28. The molecule has 198 valence electrons. The molecule has 0 spiro atoms. The maximum absolute atomic E-state index is 12.2. The van der Waals surface area contributed by atoms with E-state index in [1.807, 2.05) is 39.1 Å². The van der Waals surface area contributed by atoms with E-state index < -0.39 is 6.09 Å². The summed E-state index contributed by atoms with van der Waals surface area (Å²) in [4.78, 5) is 34.1. The molecular formula is C27H36N6O4. The Labute approximate surface area is 217 Å². The number of anilines is 1. The average molecular weight is 509 g/mol. The Morgan fingerprint density at radius 2 is 1.78 bits per heavy atom. The molecule has 0 radical (unpaired) electrons. The van der Waals surface area contributed by atoms with Crippen LogP contribution in [0.2, 0.25) is 0 Å². The van der Waals surface area contributed by atoms with Gasteiger partial charge in [0.2, 0.25) is 11.7 Å². The van der Waals surface area contributed by atoms with Gasteiger partial charge in [0.05, 0.1) is 0 Å². The van der Waals surface area contributed by atoms with E-state index in [1.54, 1.807) is 0 Å². The molecule has 0 aliphatic rings. The van der Waals surface area contributed by atoms with Crippen molar-refractivity contribution in [2.45, 2.75) is 59.9 Å². The number of benzene rings is 1. The van der Waals surface area contributed by atoms with Gasteiger partial charge >= 0.3 is 6.09 Å². The molecule has 0 saturated heterocycles. The number of carbonyl (C=O) groups excluding carboxylic acids is 1. The zero-order chi connectivity index (χ0) is 27.1. The van der Waals surface area contributed by atoms with Gasteiger partial charge in [0.25, 0.3) is 5.89 Å². The van der Waals surface area contributed by atoms with E-state index in [-0.39, 0.29) is 19.0 Å². The highest BCUT2D eigenvalue weighted by Gasteiger charge is 2.17. The summed E-state index contributed by atoms with van der Waals surface area (Å²) in [7, 11) is 2.01. The van der Waals surface area contributed by atoms with Crippen molar-refractivity contribution in [2.75, 3.05) is 25.0 Å². The van der Waals surface area contributed by atoms with Crippen LogP contribution in [-0.4, -0.2) is 58.4 Å². The van der Waals surface area contributed by atoms with E-state index in [2.05, 4.69) is 57.5 Å². The summed E-state index contributed by atoms with van der Waals surface area (Å²) in [6, 6.07) is 8.27. The van der Waals surface area contributed by atoms with Crippen LogP contribution in [-0.2, 0) is 17.6 Å². The number of hydrogen-bond acceptors (Lipinski definition) is 7. The lowest BCUT2D eigenvalue weighted by molar-refractivity contribution is -0.121. The first-order valence-electron chi connectivity index (χ1n) is 12.5. The first kappa shape index (κ1) is 27.6. The van der Waals surface area contributed by atoms with Crippen LogP contribution in [0, 0.1) is 13.8 Å². The van der Waals surface area contributed by atoms with Gasteiger partial charge in [-0.05, 0) is 81.5 Å². The predicted octanol–water partition coefficient (Wildman–Crippen LogP) is 4.14. The zero-order valence-electron chi connectivity index (χ0n) is 22.4. The fourth-order valence-electron chi connectivity index (χ4n) is 4.07. The van der Waals surface area contributed by atoms with Crippen LogP contribution < -0.4 is 15.5 Å². The molecule has 37 heavy (non-hydrogen) atoms. The lowest BCUT2D eigenvalue weighted by atomic mass is 9.93. The molecule has 3 rings (SSSR count). The minimum atomic E-state index is -1.11. The van der Waals surface area contributed by atoms with E-state index >= 15 is 0 Å². The number of carbonyl (C=O) groups is 2. The number of rotatable bonds is 11. The Morgan fingerprint density at radius 1 is 1.05 bits per heavy atom. The number of aryl methyl sites for hydroxylation is 3. The predicted molar refractivity (Wildman–Crippen MR) is 143 cm³/mol. The average Bonchev–Trinajstić information content (AvgIpc) is 3.35. The fourth-order valence-corrected chi connectivity index (χ4v) is 4.07. The van der Waals surface area contributed by atoms with Gasteiger partial charge in [-0.3, -0.25) is 4.79 Å². The summed E-state index contributed by atoms with van der Waals surface area (Å²) in [5.41, 5.74) is 5.87. The van der Waals surface area contributed by atoms with Gasteiger partial charge in [-0.1, -0.05) is 12.1 Å². The van der Waals surface area contributed by atoms with Crippen molar-refractivity contribution in [3.63, 3.8) is 0 Å². The molecular weight excluding hydrogens is 472 g/mol.